The van der Waals surface area contributed by atoms with Crippen molar-refractivity contribution in [3.63, 3.8) is 0 Å². The number of halogens is 7. The highest BCUT2D eigenvalue weighted by molar-refractivity contribution is 7.05. The molecule has 0 N–H and O–H groups in total. The summed E-state index contributed by atoms with van der Waals surface area (Å²) < 4.78 is 3.60. The van der Waals surface area contributed by atoms with E-state index < -0.39 is 6.40 Å². The van der Waals surface area contributed by atoms with Crippen molar-refractivity contribution in [2.45, 2.75) is 0 Å². The third kappa shape index (κ3) is 3.01. The van der Waals surface area contributed by atoms with E-state index in [2.05, 4.69) is 0 Å². The maximum atomic E-state index is 7.23. The van der Waals surface area contributed by atoms with E-state index in [1.807, 2.05) is 0 Å². The minimum Gasteiger partial charge on any atom is -0.319 e. The van der Waals surface area contributed by atoms with Gasteiger partial charge in [-0.05, 0) is 36.4 Å². The zero-order chi connectivity index (χ0) is 26.2. The van der Waals surface area contributed by atoms with Gasteiger partial charge in [-0.15, -0.1) is 11.5 Å². The molecule has 3 aliphatic rings. The van der Waals surface area contributed by atoms with E-state index >= 15 is 0 Å². The zero-order valence-corrected chi connectivity index (χ0v) is 23.7. The van der Waals surface area contributed by atoms with Gasteiger partial charge in [-0.2, -0.15) is 0 Å². The number of hydrogen-bond acceptors (Lipinski definition) is 4. The van der Waals surface area contributed by atoms with Crippen LogP contribution in [0.2, 0.25) is 30.1 Å². The Hall–Kier alpha value is -2.23. The van der Waals surface area contributed by atoms with Crippen molar-refractivity contribution in [1.29, 1.82) is 0 Å². The minimum absolute atomic E-state index is 0.368. The Morgan fingerprint density at radius 1 is 0.474 bits per heavy atom. The quantitative estimate of drug-likeness (QED) is 0.155. The summed E-state index contributed by atoms with van der Waals surface area (Å²) in [7, 11) is 0. The molecule has 0 saturated carbocycles. The number of hydrogen-bond donors (Lipinski definition) is 0. The molecule has 38 heavy (non-hydrogen) atoms. The Balaban J connectivity index is 1.66. The monoisotopic (exact) mass is 634 g/mol. The summed E-state index contributed by atoms with van der Waals surface area (Å²) in [6.45, 7) is 0. The maximum Gasteiger partial charge on any atom is 0.499 e. The molecule has 0 aliphatic carbocycles. The molecule has 2 aromatic heterocycles. The summed E-state index contributed by atoms with van der Waals surface area (Å²) in [5.74, 6) is 1.84. The van der Waals surface area contributed by atoms with Crippen LogP contribution in [0.25, 0.3) is 21.5 Å². The second-order valence-electron chi connectivity index (χ2n) is 8.88. The smallest absolute Gasteiger partial charge is 0.319 e. The van der Waals surface area contributed by atoms with E-state index in [0.29, 0.717) is 86.3 Å². The number of benzene rings is 3. The predicted octanol–water partition coefficient (Wildman–Crippen LogP) is 7.87. The molecule has 0 unspecified atom stereocenters. The van der Waals surface area contributed by atoms with E-state index in [4.69, 9.17) is 101 Å². The highest BCUT2D eigenvalue weighted by Crippen LogP contribution is 2.44. The van der Waals surface area contributed by atoms with Gasteiger partial charge in [-0.3, -0.25) is 0 Å². The van der Waals surface area contributed by atoms with E-state index in [0.717, 1.165) is 10.8 Å². The Bertz CT molecular complexity index is 2180. The van der Waals surface area contributed by atoms with E-state index in [1.165, 1.54) is 0 Å². The van der Waals surface area contributed by atoms with E-state index in [-0.39, 0.29) is 0 Å². The molecular weight excluding hydrogens is 631 g/mol. The van der Waals surface area contributed by atoms with Crippen molar-refractivity contribution in [1.82, 2.24) is 8.96 Å². The number of rotatable bonds is 0. The van der Waals surface area contributed by atoms with Crippen LogP contribution >= 0.6 is 81.1 Å². The van der Waals surface area contributed by atoms with Gasteiger partial charge >= 0.3 is 6.40 Å². The third-order valence-corrected chi connectivity index (χ3v) is 9.37. The Morgan fingerprint density at radius 3 is 1.45 bits per heavy atom. The van der Waals surface area contributed by atoms with E-state index in [9.17, 15) is 0 Å². The molecular formula is C24H6BCl7N6. The van der Waals surface area contributed by atoms with Gasteiger partial charge in [0.05, 0.1) is 30.1 Å². The number of nitrogens with zero attached hydrogens (tertiary/aromatic N) is 6. The Kier molecular flexibility index (Phi) is 4.93. The summed E-state index contributed by atoms with van der Waals surface area (Å²) in [6, 6.07) is 10.5. The first kappa shape index (κ1) is 23.6. The Labute approximate surface area is 248 Å². The van der Waals surface area contributed by atoms with Crippen molar-refractivity contribution in [2.75, 3.05) is 0 Å². The van der Waals surface area contributed by atoms with Gasteiger partial charge < -0.3 is 8.96 Å². The van der Waals surface area contributed by atoms with E-state index in [1.54, 1.807) is 45.4 Å². The van der Waals surface area contributed by atoms with Crippen LogP contribution in [0.4, 0.5) is 11.6 Å². The van der Waals surface area contributed by atoms with Crippen LogP contribution in [0.3, 0.4) is 0 Å². The van der Waals surface area contributed by atoms with Crippen LogP contribution in [0.15, 0.2) is 56.4 Å². The second kappa shape index (κ2) is 7.92. The molecule has 0 fully saturated rings. The first-order chi connectivity index (χ1) is 18.2. The number of fused-ring (bicyclic) bond motifs is 10. The molecule has 5 aromatic rings. The van der Waals surface area contributed by atoms with Crippen molar-refractivity contribution >= 4 is 132 Å². The molecule has 14 heteroatoms. The van der Waals surface area contributed by atoms with Crippen LogP contribution in [0.1, 0.15) is 11.1 Å². The molecule has 6 nitrogen and oxygen atoms in total. The van der Waals surface area contributed by atoms with Gasteiger partial charge in [-0.1, -0.05) is 69.6 Å². The molecule has 4 bridgehead atoms. The van der Waals surface area contributed by atoms with Crippen LogP contribution in [-0.4, -0.2) is 27.0 Å². The molecule has 3 aromatic carbocycles. The third-order valence-electron chi connectivity index (χ3n) is 6.81. The van der Waals surface area contributed by atoms with Gasteiger partial charge in [0.2, 0.25) is 0 Å². The molecule has 3 aliphatic heterocycles. The molecule has 184 valence electrons. The lowest BCUT2D eigenvalue weighted by molar-refractivity contribution is 0.938. The lowest BCUT2D eigenvalue weighted by Crippen LogP contribution is -2.44. The standard InChI is InChI=1S/C24H6BCl7N6/c26-13-1-7-8(2-14(13)27)20-33-19(7)34-21-9-3-15(28)17(30)5-11(9)23-36-24-12-6-18(31)16(29)4-10(12)22(35-20)38(24)25(32)37(21)23/h1-6H. The number of aliphatic imine (C=N–C) groups is 2. The lowest BCUT2D eigenvalue weighted by atomic mass is 10.1. The Morgan fingerprint density at radius 2 is 0.895 bits per heavy atom. The lowest BCUT2D eigenvalue weighted by Gasteiger charge is -2.18. The van der Waals surface area contributed by atoms with Crippen molar-refractivity contribution in [2.24, 2.45) is 20.0 Å². The topological polar surface area (TPSA) is 59.3 Å². The van der Waals surface area contributed by atoms with Crippen LogP contribution in [0.5, 0.6) is 0 Å². The fourth-order valence-corrected chi connectivity index (χ4v) is 6.49. The molecule has 0 radical (unpaired) electrons. The zero-order valence-electron chi connectivity index (χ0n) is 18.4. The number of aromatic nitrogens is 2. The van der Waals surface area contributed by atoms with Gasteiger partial charge in [0, 0.05) is 32.7 Å². The summed E-state index contributed by atoms with van der Waals surface area (Å²) in [5, 5.41) is 5.08. The largest absolute Gasteiger partial charge is 0.499 e. The normalized spacial score (nSPS) is 14.9. The summed E-state index contributed by atoms with van der Waals surface area (Å²) in [4.78, 5) is 19.7. The minimum atomic E-state index is -0.807. The van der Waals surface area contributed by atoms with Crippen molar-refractivity contribution < 1.29 is 0 Å². The molecule has 0 spiro atoms. The van der Waals surface area contributed by atoms with Crippen molar-refractivity contribution in [3.8, 4) is 0 Å². The second-order valence-corrected chi connectivity index (χ2v) is 11.7. The van der Waals surface area contributed by atoms with Gasteiger partial charge in [-0.25, -0.2) is 20.0 Å². The molecule has 0 atom stereocenters. The van der Waals surface area contributed by atoms with Gasteiger partial charge in [0.1, 0.15) is 22.6 Å². The highest BCUT2D eigenvalue weighted by Gasteiger charge is 2.36. The molecule has 5 heterocycles. The fourth-order valence-electron chi connectivity index (χ4n) is 5.14. The first-order valence-corrected chi connectivity index (χ1v) is 13.7. The SMILES string of the molecule is ClB1n2c3c4cc(Cl)c(Cl)cc4c2N=c2c4cc(Cl)c(Cl)cc4c(n21)=NC1=NC(=N3)c2cc(Cl)c(Cl)cc21. The van der Waals surface area contributed by atoms with Gasteiger partial charge in [0.15, 0.2) is 11.7 Å². The van der Waals surface area contributed by atoms with Crippen LogP contribution in [0, 0.1) is 0 Å². The summed E-state index contributed by atoms with van der Waals surface area (Å²) in [5.41, 5.74) is 2.41. The molecule has 0 amide bonds. The average Bonchev–Trinajstić information content (AvgIpc) is 3.45. The predicted molar refractivity (Wildman–Crippen MR) is 157 cm³/mol. The van der Waals surface area contributed by atoms with Gasteiger partial charge in [0.25, 0.3) is 0 Å². The van der Waals surface area contributed by atoms with Crippen molar-refractivity contribution in [3.05, 3.63) is 88.6 Å². The number of amidine groups is 2. The molecule has 8 rings (SSSR count). The van der Waals surface area contributed by atoms with Crippen LogP contribution < -0.4 is 11.0 Å². The van der Waals surface area contributed by atoms with Crippen LogP contribution in [-0.2, 0) is 0 Å². The first-order valence-electron chi connectivity index (χ1n) is 11.0. The maximum absolute atomic E-state index is 7.23. The highest BCUT2D eigenvalue weighted by atomic mass is 35.5. The summed E-state index contributed by atoms with van der Waals surface area (Å²) in [6.07, 6.45) is -0.807. The summed E-state index contributed by atoms with van der Waals surface area (Å²) >= 11 is 45.8. The molecule has 0 saturated heterocycles. The average molecular weight is 637 g/mol. The fraction of sp³-hybridized carbons (Fsp3) is 0.